The third-order valence-corrected chi connectivity index (χ3v) is 5.06. The van der Waals surface area contributed by atoms with Crippen LogP contribution in [0.3, 0.4) is 0 Å². The number of methoxy groups -OCH3 is 2. The van der Waals surface area contributed by atoms with Crippen LogP contribution in [0, 0.1) is 0 Å². The number of carbonyl (C=O) groups excluding carboxylic acids is 1. The molecule has 2 aromatic rings. The summed E-state index contributed by atoms with van der Waals surface area (Å²) in [6, 6.07) is 9.46. The molecule has 0 spiro atoms. The molecule has 1 fully saturated rings. The van der Waals surface area contributed by atoms with E-state index in [1.807, 2.05) is 12.1 Å². The highest BCUT2D eigenvalue weighted by molar-refractivity contribution is 5.94. The van der Waals surface area contributed by atoms with Crippen molar-refractivity contribution in [3.8, 4) is 0 Å². The van der Waals surface area contributed by atoms with Gasteiger partial charge >= 0.3 is 0 Å². The van der Waals surface area contributed by atoms with Gasteiger partial charge in [-0.05, 0) is 30.5 Å². The zero-order valence-corrected chi connectivity index (χ0v) is 18.7. The molecule has 0 radical (unpaired) electrons. The first-order valence-corrected chi connectivity index (χ1v) is 10.7. The van der Waals surface area contributed by atoms with Crippen LogP contribution in [-0.4, -0.2) is 74.1 Å². The van der Waals surface area contributed by atoms with Gasteiger partial charge in [-0.3, -0.25) is 20.5 Å². The normalized spacial score (nSPS) is 14.3. The van der Waals surface area contributed by atoms with Crippen molar-refractivity contribution in [3.05, 3.63) is 47.7 Å². The van der Waals surface area contributed by atoms with E-state index in [1.165, 1.54) is 0 Å². The van der Waals surface area contributed by atoms with Crippen LogP contribution < -0.4 is 16.2 Å². The van der Waals surface area contributed by atoms with Gasteiger partial charge < -0.3 is 19.5 Å². The number of nitrogens with one attached hydrogen (secondary N) is 3. The minimum atomic E-state index is -0.248. The maximum absolute atomic E-state index is 12.5. The van der Waals surface area contributed by atoms with E-state index < -0.39 is 0 Å². The average molecular weight is 445 g/mol. The van der Waals surface area contributed by atoms with Crippen LogP contribution in [0.5, 0.6) is 0 Å². The molecule has 0 bridgehead atoms. The SMILES string of the molecule is COCCN(COC)Cc1ccc(C(=O)NNc2ccnc(NC3CCOCC3)n2)cc1. The summed E-state index contributed by atoms with van der Waals surface area (Å²) in [5.41, 5.74) is 7.17. The minimum Gasteiger partial charge on any atom is -0.383 e. The number of anilines is 2. The lowest BCUT2D eigenvalue weighted by atomic mass is 10.1. The van der Waals surface area contributed by atoms with E-state index >= 15 is 0 Å². The van der Waals surface area contributed by atoms with Gasteiger partial charge in [0, 0.05) is 64.4 Å². The fourth-order valence-corrected chi connectivity index (χ4v) is 3.33. The van der Waals surface area contributed by atoms with Crippen LogP contribution >= 0.6 is 0 Å². The van der Waals surface area contributed by atoms with Gasteiger partial charge in [0.15, 0.2) is 0 Å². The molecule has 1 saturated heterocycles. The summed E-state index contributed by atoms with van der Waals surface area (Å²) in [4.78, 5) is 23.3. The Balaban J connectivity index is 1.49. The zero-order valence-electron chi connectivity index (χ0n) is 18.7. The highest BCUT2D eigenvalue weighted by Crippen LogP contribution is 2.13. The van der Waals surface area contributed by atoms with Crippen molar-refractivity contribution in [2.45, 2.75) is 25.4 Å². The molecule has 32 heavy (non-hydrogen) atoms. The number of nitrogens with zero attached hydrogens (tertiary/aromatic N) is 3. The summed E-state index contributed by atoms with van der Waals surface area (Å²) < 4.78 is 15.7. The molecule has 2 heterocycles. The molecule has 0 unspecified atom stereocenters. The third kappa shape index (κ3) is 7.72. The molecular formula is C22H32N6O4. The Labute approximate surface area is 188 Å². The smallest absolute Gasteiger partial charge is 0.269 e. The van der Waals surface area contributed by atoms with Crippen LogP contribution in [0.1, 0.15) is 28.8 Å². The number of aromatic nitrogens is 2. The Hall–Kier alpha value is -2.79. The maximum atomic E-state index is 12.5. The molecule has 1 aliphatic heterocycles. The second-order valence-corrected chi connectivity index (χ2v) is 7.54. The highest BCUT2D eigenvalue weighted by Gasteiger charge is 2.15. The van der Waals surface area contributed by atoms with Crippen molar-refractivity contribution in [1.82, 2.24) is 20.3 Å². The van der Waals surface area contributed by atoms with Crippen molar-refractivity contribution in [2.75, 3.05) is 58.1 Å². The molecule has 1 aromatic heterocycles. The second-order valence-electron chi connectivity index (χ2n) is 7.54. The number of ether oxygens (including phenoxy) is 3. The molecule has 0 atom stereocenters. The van der Waals surface area contributed by atoms with Crippen molar-refractivity contribution in [3.63, 3.8) is 0 Å². The lowest BCUT2D eigenvalue weighted by Crippen LogP contribution is -2.31. The van der Waals surface area contributed by atoms with Crippen LogP contribution in [-0.2, 0) is 20.8 Å². The Bertz CT molecular complexity index is 829. The van der Waals surface area contributed by atoms with Gasteiger partial charge in [0.2, 0.25) is 5.95 Å². The molecule has 0 saturated carbocycles. The molecule has 3 rings (SSSR count). The Kier molecular flexibility index (Phi) is 9.63. The number of amides is 1. The average Bonchev–Trinajstić information content (AvgIpc) is 2.82. The predicted octanol–water partition coefficient (Wildman–Crippen LogP) is 1.88. The van der Waals surface area contributed by atoms with Gasteiger partial charge in [-0.2, -0.15) is 4.98 Å². The first kappa shape index (κ1) is 23.9. The van der Waals surface area contributed by atoms with Gasteiger partial charge in [-0.25, -0.2) is 4.98 Å². The fraction of sp³-hybridized carbons (Fsp3) is 0.500. The minimum absolute atomic E-state index is 0.248. The van der Waals surface area contributed by atoms with Crippen LogP contribution in [0.4, 0.5) is 11.8 Å². The third-order valence-electron chi connectivity index (χ3n) is 5.06. The summed E-state index contributed by atoms with van der Waals surface area (Å²) in [6.45, 7) is 4.09. The van der Waals surface area contributed by atoms with Gasteiger partial charge in [-0.15, -0.1) is 0 Å². The van der Waals surface area contributed by atoms with E-state index in [0.717, 1.165) is 38.2 Å². The van der Waals surface area contributed by atoms with Crippen LogP contribution in [0.2, 0.25) is 0 Å². The van der Waals surface area contributed by atoms with E-state index in [4.69, 9.17) is 14.2 Å². The monoisotopic (exact) mass is 444 g/mol. The van der Waals surface area contributed by atoms with E-state index in [1.54, 1.807) is 38.6 Å². The molecule has 3 N–H and O–H groups in total. The molecule has 1 amide bonds. The van der Waals surface area contributed by atoms with E-state index in [2.05, 4.69) is 31.0 Å². The quantitative estimate of drug-likeness (QED) is 0.334. The molecule has 1 aliphatic rings. The topological polar surface area (TPSA) is 110 Å². The maximum Gasteiger partial charge on any atom is 0.269 e. The number of hydrogen-bond donors (Lipinski definition) is 3. The largest absolute Gasteiger partial charge is 0.383 e. The summed E-state index contributed by atoms with van der Waals surface area (Å²) >= 11 is 0. The fourth-order valence-electron chi connectivity index (χ4n) is 3.33. The van der Waals surface area contributed by atoms with Crippen molar-refractivity contribution < 1.29 is 19.0 Å². The number of hydrazine groups is 1. The van der Waals surface area contributed by atoms with E-state index in [-0.39, 0.29) is 5.91 Å². The highest BCUT2D eigenvalue weighted by atomic mass is 16.5. The van der Waals surface area contributed by atoms with Gasteiger partial charge in [0.05, 0.1) is 13.3 Å². The molecule has 0 aliphatic carbocycles. The first-order valence-electron chi connectivity index (χ1n) is 10.7. The summed E-state index contributed by atoms with van der Waals surface area (Å²) in [7, 11) is 3.35. The number of benzene rings is 1. The molecule has 174 valence electrons. The van der Waals surface area contributed by atoms with Crippen molar-refractivity contribution in [1.29, 1.82) is 0 Å². The lowest BCUT2D eigenvalue weighted by molar-refractivity contribution is 0.0389. The summed E-state index contributed by atoms with van der Waals surface area (Å²) in [5, 5.41) is 3.31. The van der Waals surface area contributed by atoms with Crippen molar-refractivity contribution >= 4 is 17.7 Å². The summed E-state index contributed by atoms with van der Waals surface area (Å²) in [5.74, 6) is 0.782. The Morgan fingerprint density at radius 2 is 1.94 bits per heavy atom. The standard InChI is InChI=1S/C22H32N6O4/c1-30-14-11-28(16-31-2)15-17-3-5-18(6-4-17)21(29)27-26-20-7-10-23-22(25-20)24-19-8-12-32-13-9-19/h3-7,10,19H,8-9,11-16H2,1-2H3,(H,27,29)(H2,23,24,25,26). The van der Waals surface area contributed by atoms with E-state index in [9.17, 15) is 4.79 Å². The molecular weight excluding hydrogens is 412 g/mol. The van der Waals surface area contributed by atoms with Gasteiger partial charge in [0.25, 0.3) is 5.91 Å². The van der Waals surface area contributed by atoms with Crippen LogP contribution in [0.15, 0.2) is 36.5 Å². The molecule has 10 heteroatoms. The number of carbonyl (C=O) groups is 1. The Morgan fingerprint density at radius 1 is 1.16 bits per heavy atom. The lowest BCUT2D eigenvalue weighted by Gasteiger charge is -2.23. The predicted molar refractivity (Wildman–Crippen MR) is 121 cm³/mol. The second kappa shape index (κ2) is 12.9. The molecule has 10 nitrogen and oxygen atoms in total. The molecule has 1 aromatic carbocycles. The first-order chi connectivity index (χ1) is 15.7. The van der Waals surface area contributed by atoms with Gasteiger partial charge in [0.1, 0.15) is 5.82 Å². The zero-order chi connectivity index (χ0) is 22.6. The van der Waals surface area contributed by atoms with Crippen molar-refractivity contribution in [2.24, 2.45) is 0 Å². The van der Waals surface area contributed by atoms with E-state index in [0.29, 0.717) is 43.3 Å². The number of hydrogen-bond acceptors (Lipinski definition) is 9. The number of rotatable bonds is 12. The summed E-state index contributed by atoms with van der Waals surface area (Å²) in [6.07, 6.45) is 3.49. The van der Waals surface area contributed by atoms with Gasteiger partial charge in [-0.1, -0.05) is 12.1 Å². The Morgan fingerprint density at radius 3 is 2.66 bits per heavy atom. The van der Waals surface area contributed by atoms with Crippen LogP contribution in [0.25, 0.3) is 0 Å².